The predicted molar refractivity (Wildman–Crippen MR) is 105 cm³/mol. The number of aromatic nitrogens is 2. The number of likely N-dealkylation sites (tertiary alicyclic amines) is 1. The van der Waals surface area contributed by atoms with Crippen molar-refractivity contribution in [2.45, 2.75) is 13.8 Å². The highest BCUT2D eigenvalue weighted by atomic mass is 16.5. The first-order valence-electron chi connectivity index (χ1n) is 9.82. The Kier molecular flexibility index (Phi) is 5.03. The summed E-state index contributed by atoms with van der Waals surface area (Å²) in [5.41, 5.74) is 2.57. The van der Waals surface area contributed by atoms with Gasteiger partial charge in [0.2, 0.25) is 0 Å². The average Bonchev–Trinajstić information content (AvgIpc) is 3.37. The van der Waals surface area contributed by atoms with E-state index in [1.807, 2.05) is 49.1 Å². The molecule has 0 bridgehead atoms. The molecule has 6 heteroatoms. The van der Waals surface area contributed by atoms with Crippen molar-refractivity contribution in [2.24, 2.45) is 23.7 Å². The van der Waals surface area contributed by atoms with Crippen LogP contribution in [-0.4, -0.2) is 46.7 Å². The summed E-state index contributed by atoms with van der Waals surface area (Å²) >= 11 is 0. The first-order chi connectivity index (χ1) is 13.6. The normalized spacial score (nSPS) is 26.1. The fourth-order valence-electron chi connectivity index (χ4n) is 4.45. The SMILES string of the molecule is CCOC(=O)[C@@H]1[C@H]2CN(C(=O)c3ccc(-c4ccn[nH]4)cc3)C[C@@H]2C=C[C@@H]1C. The Bertz CT molecular complexity index is 873. The topological polar surface area (TPSA) is 75.3 Å². The number of aromatic amines is 1. The Balaban J connectivity index is 1.49. The molecule has 146 valence electrons. The zero-order valence-electron chi connectivity index (χ0n) is 16.2. The van der Waals surface area contributed by atoms with E-state index in [9.17, 15) is 9.59 Å². The standard InChI is InChI=1S/C22H25N3O3/c1-3-28-22(27)20-14(2)4-5-17-12-25(13-18(17)20)21(26)16-8-6-15(7-9-16)19-10-11-23-24-19/h4-11,14,17-18,20H,3,12-13H2,1-2H3,(H,23,24)/t14-,17-,18-,20-/m0/s1. The zero-order valence-corrected chi connectivity index (χ0v) is 16.2. The van der Waals surface area contributed by atoms with Crippen LogP contribution < -0.4 is 0 Å². The van der Waals surface area contributed by atoms with Gasteiger partial charge in [-0.05, 0) is 48.4 Å². The number of allylic oxidation sites excluding steroid dienone is 1. The van der Waals surface area contributed by atoms with Gasteiger partial charge in [0.25, 0.3) is 5.91 Å². The number of benzene rings is 1. The monoisotopic (exact) mass is 379 g/mol. The lowest BCUT2D eigenvalue weighted by Gasteiger charge is -2.31. The Hall–Kier alpha value is -2.89. The minimum absolute atomic E-state index is 0.00854. The second-order valence-electron chi connectivity index (χ2n) is 7.61. The van der Waals surface area contributed by atoms with Crippen LogP contribution in [0, 0.1) is 23.7 Å². The first-order valence-corrected chi connectivity index (χ1v) is 9.82. The summed E-state index contributed by atoms with van der Waals surface area (Å²) in [5, 5.41) is 6.88. The number of rotatable bonds is 4. The van der Waals surface area contributed by atoms with E-state index in [2.05, 4.69) is 22.3 Å². The number of esters is 1. The number of ether oxygens (including phenoxy) is 1. The van der Waals surface area contributed by atoms with Gasteiger partial charge in [0.1, 0.15) is 0 Å². The van der Waals surface area contributed by atoms with E-state index in [0.29, 0.717) is 25.3 Å². The van der Waals surface area contributed by atoms with Crippen LogP contribution in [0.25, 0.3) is 11.3 Å². The van der Waals surface area contributed by atoms with Crippen LogP contribution in [0.3, 0.4) is 0 Å². The number of carbonyl (C=O) groups excluding carboxylic acids is 2. The highest BCUT2D eigenvalue weighted by Crippen LogP contribution is 2.40. The summed E-state index contributed by atoms with van der Waals surface area (Å²) in [4.78, 5) is 27.4. The van der Waals surface area contributed by atoms with Gasteiger partial charge in [-0.25, -0.2) is 0 Å². The number of hydrogen-bond donors (Lipinski definition) is 1. The number of carbonyl (C=O) groups is 2. The van der Waals surface area contributed by atoms with Gasteiger partial charge in [0, 0.05) is 24.8 Å². The van der Waals surface area contributed by atoms with E-state index in [1.165, 1.54) is 0 Å². The molecule has 1 aromatic carbocycles. The maximum absolute atomic E-state index is 13.0. The summed E-state index contributed by atoms with van der Waals surface area (Å²) in [6.45, 7) is 5.49. The molecule has 2 heterocycles. The van der Waals surface area contributed by atoms with Crippen LogP contribution in [-0.2, 0) is 9.53 Å². The Morgan fingerprint density at radius 2 is 1.96 bits per heavy atom. The summed E-state index contributed by atoms with van der Waals surface area (Å²) in [5.74, 6) is 0.132. The molecule has 0 radical (unpaired) electrons. The lowest BCUT2D eigenvalue weighted by atomic mass is 9.72. The second kappa shape index (κ2) is 7.62. The van der Waals surface area contributed by atoms with Gasteiger partial charge in [-0.1, -0.05) is 31.2 Å². The molecule has 6 nitrogen and oxygen atoms in total. The quantitative estimate of drug-likeness (QED) is 0.654. The van der Waals surface area contributed by atoms with E-state index in [1.54, 1.807) is 6.20 Å². The fourth-order valence-corrected chi connectivity index (χ4v) is 4.45. The molecular formula is C22H25N3O3. The molecule has 4 rings (SSSR count). The highest BCUT2D eigenvalue weighted by molar-refractivity contribution is 5.95. The van der Waals surface area contributed by atoms with E-state index in [-0.39, 0.29) is 35.5 Å². The minimum Gasteiger partial charge on any atom is -0.466 e. The second-order valence-corrected chi connectivity index (χ2v) is 7.61. The molecule has 28 heavy (non-hydrogen) atoms. The molecule has 1 N–H and O–H groups in total. The number of amides is 1. The maximum Gasteiger partial charge on any atom is 0.309 e. The lowest BCUT2D eigenvalue weighted by Crippen LogP contribution is -2.37. The van der Waals surface area contributed by atoms with Crippen molar-refractivity contribution in [3.63, 3.8) is 0 Å². The predicted octanol–water partition coefficient (Wildman–Crippen LogP) is 3.15. The lowest BCUT2D eigenvalue weighted by molar-refractivity contribution is -0.152. The first kappa shape index (κ1) is 18.5. The highest BCUT2D eigenvalue weighted by Gasteiger charge is 2.46. The summed E-state index contributed by atoms with van der Waals surface area (Å²) in [6, 6.07) is 9.44. The van der Waals surface area contributed by atoms with Gasteiger partial charge in [0.15, 0.2) is 0 Å². The molecule has 1 aliphatic heterocycles. The molecule has 2 aromatic rings. The molecule has 0 unspecified atom stereocenters. The van der Waals surface area contributed by atoms with Crippen molar-refractivity contribution in [1.29, 1.82) is 0 Å². The largest absolute Gasteiger partial charge is 0.466 e. The van der Waals surface area contributed by atoms with E-state index in [4.69, 9.17) is 4.74 Å². The van der Waals surface area contributed by atoms with E-state index in [0.717, 1.165) is 11.3 Å². The molecule has 1 aliphatic carbocycles. The van der Waals surface area contributed by atoms with Gasteiger partial charge in [-0.15, -0.1) is 0 Å². The average molecular weight is 379 g/mol. The Morgan fingerprint density at radius 3 is 2.64 bits per heavy atom. The molecule has 1 saturated heterocycles. The van der Waals surface area contributed by atoms with E-state index >= 15 is 0 Å². The van der Waals surface area contributed by atoms with Crippen molar-refractivity contribution in [3.05, 3.63) is 54.2 Å². The zero-order chi connectivity index (χ0) is 19.7. The number of nitrogens with one attached hydrogen (secondary N) is 1. The van der Waals surface area contributed by atoms with Crippen LogP contribution in [0.2, 0.25) is 0 Å². The third-order valence-corrected chi connectivity index (χ3v) is 5.89. The smallest absolute Gasteiger partial charge is 0.309 e. The third-order valence-electron chi connectivity index (χ3n) is 5.89. The van der Waals surface area contributed by atoms with Crippen LogP contribution in [0.15, 0.2) is 48.7 Å². The van der Waals surface area contributed by atoms with Gasteiger partial charge < -0.3 is 9.64 Å². The van der Waals surface area contributed by atoms with Crippen molar-refractivity contribution in [1.82, 2.24) is 15.1 Å². The van der Waals surface area contributed by atoms with E-state index < -0.39 is 0 Å². The van der Waals surface area contributed by atoms with Gasteiger partial charge in [-0.2, -0.15) is 5.10 Å². The van der Waals surface area contributed by atoms with Crippen LogP contribution >= 0.6 is 0 Å². The number of H-pyrrole nitrogens is 1. The number of hydrogen-bond acceptors (Lipinski definition) is 4. The fraction of sp³-hybridized carbons (Fsp3) is 0.409. The molecule has 2 aliphatic rings. The molecule has 1 amide bonds. The molecule has 0 saturated carbocycles. The van der Waals surface area contributed by atoms with Crippen molar-refractivity contribution >= 4 is 11.9 Å². The molecule has 1 aromatic heterocycles. The van der Waals surface area contributed by atoms with Crippen molar-refractivity contribution in [3.8, 4) is 11.3 Å². The summed E-state index contributed by atoms with van der Waals surface area (Å²) in [6.07, 6.45) is 5.96. The van der Waals surface area contributed by atoms with Gasteiger partial charge in [-0.3, -0.25) is 14.7 Å². The van der Waals surface area contributed by atoms with Crippen LogP contribution in [0.4, 0.5) is 0 Å². The van der Waals surface area contributed by atoms with Crippen molar-refractivity contribution in [2.75, 3.05) is 19.7 Å². The van der Waals surface area contributed by atoms with Crippen molar-refractivity contribution < 1.29 is 14.3 Å². The Morgan fingerprint density at radius 1 is 1.18 bits per heavy atom. The van der Waals surface area contributed by atoms with Gasteiger partial charge >= 0.3 is 5.97 Å². The molecule has 4 atom stereocenters. The van der Waals surface area contributed by atoms with Crippen LogP contribution in [0.1, 0.15) is 24.2 Å². The van der Waals surface area contributed by atoms with Crippen LogP contribution in [0.5, 0.6) is 0 Å². The Labute approximate surface area is 164 Å². The minimum atomic E-state index is -0.185. The number of nitrogens with zero attached hydrogens (tertiary/aromatic N) is 2. The maximum atomic E-state index is 13.0. The molecule has 0 spiro atoms. The van der Waals surface area contributed by atoms with Gasteiger partial charge in [0.05, 0.1) is 18.2 Å². The summed E-state index contributed by atoms with van der Waals surface area (Å²) in [7, 11) is 0. The number of fused-ring (bicyclic) bond motifs is 1. The molecular weight excluding hydrogens is 354 g/mol. The third kappa shape index (κ3) is 3.35. The summed E-state index contributed by atoms with van der Waals surface area (Å²) < 4.78 is 5.30. The molecule has 1 fully saturated rings.